The third kappa shape index (κ3) is 15.4. The molecule has 0 aliphatic carbocycles. The number of alkyl halides is 2. The van der Waals surface area contributed by atoms with Crippen LogP contribution in [0.25, 0.3) is 0 Å². The number of aliphatic hydroxyl groups is 1. The molecule has 134 valence electrons. The molecule has 0 saturated carbocycles. The van der Waals surface area contributed by atoms with Crippen molar-refractivity contribution < 1.29 is 14.6 Å². The number of hydrogen-bond acceptors (Lipinski definition) is 3. The lowest BCUT2D eigenvalue weighted by Crippen LogP contribution is -2.22. The first-order valence-electron chi connectivity index (χ1n) is 8.71. The van der Waals surface area contributed by atoms with E-state index in [0.717, 1.165) is 51.4 Å². The molecule has 0 saturated heterocycles. The summed E-state index contributed by atoms with van der Waals surface area (Å²) >= 11 is 12.3. The second-order valence-electron chi connectivity index (χ2n) is 5.86. The minimum Gasteiger partial charge on any atom is -0.388 e. The van der Waals surface area contributed by atoms with E-state index in [9.17, 15) is 5.11 Å². The van der Waals surface area contributed by atoms with Crippen LogP contribution in [-0.4, -0.2) is 48.4 Å². The van der Waals surface area contributed by atoms with Gasteiger partial charge >= 0.3 is 0 Å². The molecule has 5 heteroatoms. The summed E-state index contributed by atoms with van der Waals surface area (Å²) in [5.74, 6) is 0. The Morgan fingerprint density at radius 3 is 1.55 bits per heavy atom. The van der Waals surface area contributed by atoms with Crippen LogP contribution in [-0.2, 0) is 9.47 Å². The summed E-state index contributed by atoms with van der Waals surface area (Å²) in [4.78, 5) is 0. The SMILES string of the molecule is CCCC(Cl)CCCOCC(O)COCCCC(Cl)CCC. The summed E-state index contributed by atoms with van der Waals surface area (Å²) in [5, 5.41) is 10.2. The van der Waals surface area contributed by atoms with Crippen molar-refractivity contribution in [1.82, 2.24) is 0 Å². The smallest absolute Gasteiger partial charge is 0.101 e. The van der Waals surface area contributed by atoms with Gasteiger partial charge in [-0.25, -0.2) is 0 Å². The zero-order valence-electron chi connectivity index (χ0n) is 14.2. The highest BCUT2D eigenvalue weighted by molar-refractivity contribution is 6.20. The molecule has 0 aromatic rings. The lowest BCUT2D eigenvalue weighted by molar-refractivity contribution is -0.0200. The van der Waals surface area contributed by atoms with Crippen LogP contribution in [0.2, 0.25) is 0 Å². The molecule has 0 aromatic heterocycles. The first kappa shape index (κ1) is 22.5. The number of rotatable bonds is 16. The summed E-state index contributed by atoms with van der Waals surface area (Å²) in [7, 11) is 0. The fraction of sp³-hybridized carbons (Fsp3) is 1.00. The highest BCUT2D eigenvalue weighted by Crippen LogP contribution is 2.12. The number of hydrogen-bond donors (Lipinski definition) is 1. The first-order valence-corrected chi connectivity index (χ1v) is 9.59. The summed E-state index contributed by atoms with van der Waals surface area (Å²) in [6.07, 6.45) is 7.62. The fourth-order valence-corrected chi connectivity index (χ4v) is 2.96. The zero-order chi connectivity index (χ0) is 16.6. The molecule has 0 bridgehead atoms. The molecule has 0 heterocycles. The van der Waals surface area contributed by atoms with E-state index in [2.05, 4.69) is 13.8 Å². The van der Waals surface area contributed by atoms with E-state index in [4.69, 9.17) is 32.7 Å². The maximum atomic E-state index is 9.73. The molecule has 2 atom stereocenters. The van der Waals surface area contributed by atoms with Gasteiger partial charge in [0, 0.05) is 24.0 Å². The van der Waals surface area contributed by atoms with Crippen LogP contribution in [0.1, 0.15) is 65.2 Å². The monoisotopic (exact) mass is 356 g/mol. The normalized spacial score (nSPS) is 15.7. The molecular weight excluding hydrogens is 323 g/mol. The van der Waals surface area contributed by atoms with Gasteiger partial charge in [-0.05, 0) is 38.5 Å². The first-order chi connectivity index (χ1) is 10.6. The standard InChI is InChI=1S/C17H34Cl2O3/c1-3-7-15(18)9-5-11-21-13-17(20)14-22-12-6-10-16(19)8-4-2/h15-17,20H,3-14H2,1-2H3. The Bertz CT molecular complexity index is 208. The van der Waals surface area contributed by atoms with Gasteiger partial charge in [-0.3, -0.25) is 0 Å². The van der Waals surface area contributed by atoms with Gasteiger partial charge in [0.25, 0.3) is 0 Å². The van der Waals surface area contributed by atoms with Crippen LogP contribution in [0, 0.1) is 0 Å². The molecule has 3 nitrogen and oxygen atoms in total. The van der Waals surface area contributed by atoms with Crippen molar-refractivity contribution in [2.45, 2.75) is 82.1 Å². The van der Waals surface area contributed by atoms with Gasteiger partial charge in [-0.15, -0.1) is 23.2 Å². The molecule has 0 rings (SSSR count). The summed E-state index contributed by atoms with van der Waals surface area (Å²) in [5.41, 5.74) is 0. The average molecular weight is 357 g/mol. The molecule has 0 aromatic carbocycles. The largest absolute Gasteiger partial charge is 0.388 e. The van der Waals surface area contributed by atoms with Crippen molar-refractivity contribution in [3.8, 4) is 0 Å². The van der Waals surface area contributed by atoms with Gasteiger partial charge in [0.1, 0.15) is 6.10 Å². The molecule has 0 aliphatic heterocycles. The van der Waals surface area contributed by atoms with Gasteiger partial charge in [0.2, 0.25) is 0 Å². The Kier molecular flexibility index (Phi) is 16.7. The van der Waals surface area contributed by atoms with E-state index < -0.39 is 6.10 Å². The molecule has 1 N–H and O–H groups in total. The minimum atomic E-state index is -0.551. The molecule has 2 unspecified atom stereocenters. The molecule has 0 radical (unpaired) electrons. The number of aliphatic hydroxyl groups excluding tert-OH is 1. The predicted octanol–water partition coefficient (Wildman–Crippen LogP) is 4.76. The summed E-state index contributed by atoms with van der Waals surface area (Å²) in [6, 6.07) is 0. The van der Waals surface area contributed by atoms with Crippen LogP contribution in [0.5, 0.6) is 0 Å². The van der Waals surface area contributed by atoms with Gasteiger partial charge in [-0.2, -0.15) is 0 Å². The quantitative estimate of drug-likeness (QED) is 0.320. The number of halogens is 2. The Balaban J connectivity index is 3.31. The van der Waals surface area contributed by atoms with Crippen LogP contribution >= 0.6 is 23.2 Å². The predicted molar refractivity (Wildman–Crippen MR) is 95.2 cm³/mol. The van der Waals surface area contributed by atoms with E-state index >= 15 is 0 Å². The maximum absolute atomic E-state index is 9.73. The minimum absolute atomic E-state index is 0.250. The van der Waals surface area contributed by atoms with Crippen molar-refractivity contribution >= 4 is 23.2 Å². The van der Waals surface area contributed by atoms with Crippen molar-refractivity contribution in [2.24, 2.45) is 0 Å². The zero-order valence-corrected chi connectivity index (χ0v) is 15.7. The van der Waals surface area contributed by atoms with Crippen molar-refractivity contribution in [3.05, 3.63) is 0 Å². The van der Waals surface area contributed by atoms with E-state index in [1.54, 1.807) is 0 Å². The van der Waals surface area contributed by atoms with Crippen molar-refractivity contribution in [1.29, 1.82) is 0 Å². The topological polar surface area (TPSA) is 38.7 Å². The number of ether oxygens (including phenoxy) is 2. The van der Waals surface area contributed by atoms with Crippen LogP contribution in [0.4, 0.5) is 0 Å². The highest BCUT2D eigenvalue weighted by Gasteiger charge is 2.07. The van der Waals surface area contributed by atoms with Crippen LogP contribution < -0.4 is 0 Å². The molecule has 0 fully saturated rings. The Hall–Kier alpha value is 0.460. The summed E-state index contributed by atoms with van der Waals surface area (Å²) in [6.45, 7) is 6.23. The second kappa shape index (κ2) is 16.3. The third-order valence-corrected chi connectivity index (χ3v) is 4.31. The Morgan fingerprint density at radius 1 is 0.773 bits per heavy atom. The third-order valence-electron chi connectivity index (χ3n) is 3.44. The molecule has 0 spiro atoms. The lowest BCUT2D eigenvalue weighted by Gasteiger charge is -2.13. The van der Waals surface area contributed by atoms with Gasteiger partial charge < -0.3 is 14.6 Å². The van der Waals surface area contributed by atoms with E-state index in [0.29, 0.717) is 26.4 Å². The summed E-state index contributed by atoms with van der Waals surface area (Å²) < 4.78 is 10.9. The van der Waals surface area contributed by atoms with E-state index in [1.165, 1.54) is 0 Å². The van der Waals surface area contributed by atoms with Crippen LogP contribution in [0.3, 0.4) is 0 Å². The van der Waals surface area contributed by atoms with Crippen molar-refractivity contribution in [2.75, 3.05) is 26.4 Å². The van der Waals surface area contributed by atoms with Crippen LogP contribution in [0.15, 0.2) is 0 Å². The molecule has 0 aliphatic rings. The average Bonchev–Trinajstić information content (AvgIpc) is 2.47. The van der Waals surface area contributed by atoms with E-state index in [1.807, 2.05) is 0 Å². The van der Waals surface area contributed by atoms with Gasteiger partial charge in [-0.1, -0.05) is 26.7 Å². The lowest BCUT2D eigenvalue weighted by atomic mass is 10.1. The Morgan fingerprint density at radius 2 is 1.18 bits per heavy atom. The van der Waals surface area contributed by atoms with Gasteiger partial charge in [0.05, 0.1) is 13.2 Å². The molecule has 0 amide bonds. The van der Waals surface area contributed by atoms with Gasteiger partial charge in [0.15, 0.2) is 0 Å². The molecule has 22 heavy (non-hydrogen) atoms. The second-order valence-corrected chi connectivity index (χ2v) is 7.09. The van der Waals surface area contributed by atoms with Crippen molar-refractivity contribution in [3.63, 3.8) is 0 Å². The Labute approximate surface area is 146 Å². The highest BCUT2D eigenvalue weighted by atomic mass is 35.5. The molecular formula is C17H34Cl2O3. The van der Waals surface area contributed by atoms with E-state index in [-0.39, 0.29) is 10.8 Å². The maximum Gasteiger partial charge on any atom is 0.101 e. The fourth-order valence-electron chi connectivity index (χ4n) is 2.22.